The van der Waals surface area contributed by atoms with Crippen molar-refractivity contribution in [3.05, 3.63) is 29.8 Å². The Morgan fingerprint density at radius 2 is 2.10 bits per heavy atom. The molecule has 21 heavy (non-hydrogen) atoms. The Balaban J connectivity index is 2.25. The number of aliphatic carboxylic acids is 1. The molecule has 1 amide bonds. The van der Waals surface area contributed by atoms with Crippen molar-refractivity contribution in [1.29, 1.82) is 0 Å². The SMILES string of the molecule is CC(=O)c1cccc(OCC(=O)NCCSCC(=O)O)c1. The van der Waals surface area contributed by atoms with Gasteiger partial charge in [-0.25, -0.2) is 0 Å². The lowest BCUT2D eigenvalue weighted by molar-refractivity contribution is -0.133. The number of hydrogen-bond donors (Lipinski definition) is 2. The van der Waals surface area contributed by atoms with E-state index in [-0.39, 0.29) is 24.1 Å². The zero-order valence-electron chi connectivity index (χ0n) is 11.6. The van der Waals surface area contributed by atoms with Crippen LogP contribution in [0.5, 0.6) is 5.75 Å². The van der Waals surface area contributed by atoms with Crippen molar-refractivity contribution >= 4 is 29.4 Å². The summed E-state index contributed by atoms with van der Waals surface area (Å²) >= 11 is 1.23. The number of ether oxygens (including phenoxy) is 1. The topological polar surface area (TPSA) is 92.7 Å². The third kappa shape index (κ3) is 7.36. The Hall–Kier alpha value is -2.02. The zero-order valence-corrected chi connectivity index (χ0v) is 12.4. The Morgan fingerprint density at radius 3 is 2.76 bits per heavy atom. The number of Topliss-reactive ketones (excluding diaryl/α,β-unsaturated/α-hetero) is 1. The predicted octanol–water partition coefficient (Wildman–Crippen LogP) is 1.20. The molecule has 1 aromatic carbocycles. The molecular formula is C14H17NO5S. The number of amides is 1. The highest BCUT2D eigenvalue weighted by molar-refractivity contribution is 7.99. The van der Waals surface area contributed by atoms with Crippen LogP contribution in [0.2, 0.25) is 0 Å². The van der Waals surface area contributed by atoms with E-state index in [1.54, 1.807) is 24.3 Å². The maximum atomic E-state index is 11.5. The predicted molar refractivity (Wildman–Crippen MR) is 79.9 cm³/mol. The molecule has 0 saturated heterocycles. The number of carboxylic acid groups (broad SMARTS) is 1. The molecule has 0 fully saturated rings. The molecule has 6 nitrogen and oxygen atoms in total. The summed E-state index contributed by atoms with van der Waals surface area (Å²) in [6.45, 7) is 1.69. The van der Waals surface area contributed by atoms with Crippen molar-refractivity contribution in [1.82, 2.24) is 5.32 Å². The summed E-state index contributed by atoms with van der Waals surface area (Å²) in [5.41, 5.74) is 0.526. The van der Waals surface area contributed by atoms with Crippen LogP contribution in [-0.4, -0.2) is 47.4 Å². The average Bonchev–Trinajstić information content (AvgIpc) is 2.44. The van der Waals surface area contributed by atoms with Crippen molar-refractivity contribution in [3.8, 4) is 5.75 Å². The van der Waals surface area contributed by atoms with E-state index in [0.717, 1.165) is 0 Å². The smallest absolute Gasteiger partial charge is 0.313 e. The molecule has 0 aliphatic rings. The van der Waals surface area contributed by atoms with Gasteiger partial charge in [-0.1, -0.05) is 12.1 Å². The lowest BCUT2D eigenvalue weighted by atomic mass is 10.1. The molecule has 1 rings (SSSR count). The maximum Gasteiger partial charge on any atom is 0.313 e. The summed E-state index contributed by atoms with van der Waals surface area (Å²) in [7, 11) is 0. The van der Waals surface area contributed by atoms with Crippen LogP contribution in [-0.2, 0) is 9.59 Å². The molecule has 0 radical (unpaired) electrons. The summed E-state index contributed by atoms with van der Waals surface area (Å²) in [5.74, 6) is -0.236. The fourth-order valence-electron chi connectivity index (χ4n) is 1.43. The number of hydrogen-bond acceptors (Lipinski definition) is 5. The molecule has 0 spiro atoms. The lowest BCUT2D eigenvalue weighted by Crippen LogP contribution is -2.30. The third-order valence-corrected chi connectivity index (χ3v) is 3.35. The molecule has 114 valence electrons. The van der Waals surface area contributed by atoms with E-state index >= 15 is 0 Å². The van der Waals surface area contributed by atoms with Gasteiger partial charge in [0.2, 0.25) is 0 Å². The van der Waals surface area contributed by atoms with Crippen LogP contribution in [0.1, 0.15) is 17.3 Å². The van der Waals surface area contributed by atoms with Gasteiger partial charge in [0.1, 0.15) is 5.75 Å². The zero-order chi connectivity index (χ0) is 15.7. The summed E-state index contributed by atoms with van der Waals surface area (Å²) in [5, 5.41) is 11.1. The van der Waals surface area contributed by atoms with Gasteiger partial charge in [-0.2, -0.15) is 0 Å². The summed E-state index contributed by atoms with van der Waals surface area (Å²) in [4.78, 5) is 33.0. The van der Waals surface area contributed by atoms with Crippen LogP contribution in [0.3, 0.4) is 0 Å². The van der Waals surface area contributed by atoms with Gasteiger partial charge in [0, 0.05) is 17.9 Å². The highest BCUT2D eigenvalue weighted by Crippen LogP contribution is 2.13. The second kappa shape index (κ2) is 9.02. The Labute approximate surface area is 126 Å². The van der Waals surface area contributed by atoms with Crippen LogP contribution >= 0.6 is 11.8 Å². The average molecular weight is 311 g/mol. The number of ketones is 1. The molecule has 0 saturated carbocycles. The minimum absolute atomic E-state index is 0.0181. The van der Waals surface area contributed by atoms with Crippen molar-refractivity contribution < 1.29 is 24.2 Å². The second-order valence-corrected chi connectivity index (χ2v) is 5.27. The minimum Gasteiger partial charge on any atom is -0.484 e. The lowest BCUT2D eigenvalue weighted by Gasteiger charge is -2.08. The number of nitrogens with one attached hydrogen (secondary N) is 1. The third-order valence-electron chi connectivity index (χ3n) is 2.40. The second-order valence-electron chi connectivity index (χ2n) is 4.17. The normalized spacial score (nSPS) is 9.95. The van der Waals surface area contributed by atoms with E-state index in [9.17, 15) is 14.4 Å². The Morgan fingerprint density at radius 1 is 1.33 bits per heavy atom. The largest absolute Gasteiger partial charge is 0.484 e. The van der Waals surface area contributed by atoms with E-state index in [1.165, 1.54) is 18.7 Å². The molecule has 0 bridgehead atoms. The molecule has 0 atom stereocenters. The molecule has 0 heterocycles. The van der Waals surface area contributed by atoms with E-state index in [2.05, 4.69) is 5.32 Å². The van der Waals surface area contributed by atoms with Crippen molar-refractivity contribution in [3.63, 3.8) is 0 Å². The van der Waals surface area contributed by atoms with Gasteiger partial charge in [0.25, 0.3) is 5.91 Å². The van der Waals surface area contributed by atoms with Crippen LogP contribution in [0.25, 0.3) is 0 Å². The van der Waals surface area contributed by atoms with E-state index in [1.807, 2.05) is 0 Å². The summed E-state index contributed by atoms with van der Waals surface area (Å²) < 4.78 is 5.29. The molecule has 0 aliphatic carbocycles. The fourth-order valence-corrected chi connectivity index (χ4v) is 1.99. The van der Waals surface area contributed by atoms with Gasteiger partial charge in [-0.15, -0.1) is 11.8 Å². The molecule has 2 N–H and O–H groups in total. The summed E-state index contributed by atoms with van der Waals surface area (Å²) in [6.07, 6.45) is 0. The Kier molecular flexibility index (Phi) is 7.31. The van der Waals surface area contributed by atoms with Gasteiger partial charge in [-0.3, -0.25) is 14.4 Å². The number of benzene rings is 1. The van der Waals surface area contributed by atoms with Gasteiger partial charge >= 0.3 is 5.97 Å². The number of carbonyl (C=O) groups is 3. The standard InChI is InChI=1S/C14H17NO5S/c1-10(16)11-3-2-4-12(7-11)20-8-13(17)15-5-6-21-9-14(18)19/h2-4,7H,5-6,8-9H2,1H3,(H,15,17)(H,18,19). The number of rotatable bonds is 9. The van der Waals surface area contributed by atoms with Gasteiger partial charge in [0.15, 0.2) is 12.4 Å². The van der Waals surface area contributed by atoms with Gasteiger partial charge < -0.3 is 15.2 Å². The first-order chi connectivity index (χ1) is 9.99. The van der Waals surface area contributed by atoms with Gasteiger partial charge in [-0.05, 0) is 19.1 Å². The molecular weight excluding hydrogens is 294 g/mol. The van der Waals surface area contributed by atoms with Crippen LogP contribution in [0.4, 0.5) is 0 Å². The fraction of sp³-hybridized carbons (Fsp3) is 0.357. The highest BCUT2D eigenvalue weighted by Gasteiger charge is 2.05. The number of thioether (sulfide) groups is 1. The quantitative estimate of drug-likeness (QED) is 0.526. The molecule has 0 aromatic heterocycles. The highest BCUT2D eigenvalue weighted by atomic mass is 32.2. The first-order valence-electron chi connectivity index (χ1n) is 6.29. The van der Waals surface area contributed by atoms with Crippen molar-refractivity contribution in [2.24, 2.45) is 0 Å². The van der Waals surface area contributed by atoms with E-state index < -0.39 is 5.97 Å². The van der Waals surface area contributed by atoms with Crippen LogP contribution < -0.4 is 10.1 Å². The number of carboxylic acids is 1. The molecule has 1 aromatic rings. The minimum atomic E-state index is -0.875. The Bertz CT molecular complexity index is 518. The van der Waals surface area contributed by atoms with E-state index in [0.29, 0.717) is 23.6 Å². The van der Waals surface area contributed by atoms with E-state index in [4.69, 9.17) is 9.84 Å². The molecule has 0 unspecified atom stereocenters. The number of carbonyl (C=O) groups excluding carboxylic acids is 2. The first kappa shape index (κ1) is 17.0. The maximum absolute atomic E-state index is 11.5. The van der Waals surface area contributed by atoms with Crippen molar-refractivity contribution in [2.75, 3.05) is 24.7 Å². The van der Waals surface area contributed by atoms with Crippen molar-refractivity contribution in [2.45, 2.75) is 6.92 Å². The van der Waals surface area contributed by atoms with Crippen LogP contribution in [0, 0.1) is 0 Å². The molecule has 0 aliphatic heterocycles. The summed E-state index contributed by atoms with van der Waals surface area (Å²) in [6, 6.07) is 6.61. The monoisotopic (exact) mass is 311 g/mol. The molecule has 7 heteroatoms. The first-order valence-corrected chi connectivity index (χ1v) is 7.44. The van der Waals surface area contributed by atoms with Crippen LogP contribution in [0.15, 0.2) is 24.3 Å². The van der Waals surface area contributed by atoms with Gasteiger partial charge in [0.05, 0.1) is 5.75 Å².